The van der Waals surface area contributed by atoms with Crippen LogP contribution >= 0.6 is 0 Å². The fourth-order valence-corrected chi connectivity index (χ4v) is 10.1. The van der Waals surface area contributed by atoms with Crippen LogP contribution in [0.5, 0.6) is 0 Å². The Morgan fingerprint density at radius 3 is 1.32 bits per heavy atom. The van der Waals surface area contributed by atoms with Crippen molar-refractivity contribution in [1.82, 2.24) is 20.3 Å². The summed E-state index contributed by atoms with van der Waals surface area (Å²) in [6.45, 7) is 4.41. The van der Waals surface area contributed by atoms with E-state index in [-0.39, 0.29) is 0 Å². The van der Waals surface area contributed by atoms with Gasteiger partial charge in [0, 0.05) is 33.5 Å². The van der Waals surface area contributed by atoms with Crippen molar-refractivity contribution in [3.05, 3.63) is 256 Å². The highest BCUT2D eigenvalue weighted by Crippen LogP contribution is 2.63. The summed E-state index contributed by atoms with van der Waals surface area (Å²) < 4.78 is 0. The molecule has 8 aromatic carbocycles. The van der Waals surface area contributed by atoms with Gasteiger partial charge in [0.05, 0.1) is 11.1 Å². The molecule has 1 spiro atoms. The van der Waals surface area contributed by atoms with Gasteiger partial charge in [-0.05, 0) is 82.5 Å². The van der Waals surface area contributed by atoms with E-state index in [0.717, 1.165) is 57.0 Å². The molecular weight excluding hydrogens is 791 g/mol. The molecule has 12 rings (SSSR count). The summed E-state index contributed by atoms with van der Waals surface area (Å²) in [7, 11) is 0. The maximum atomic E-state index is 5.48. The van der Waals surface area contributed by atoms with Gasteiger partial charge in [-0.15, -0.1) is 0 Å². The van der Waals surface area contributed by atoms with Gasteiger partial charge in [-0.3, -0.25) is 0 Å². The number of hydrogen-bond acceptors (Lipinski definition) is 5. The third-order valence-corrected chi connectivity index (χ3v) is 13.1. The van der Waals surface area contributed by atoms with Crippen molar-refractivity contribution in [2.45, 2.75) is 25.7 Å². The first kappa shape index (κ1) is 38.4. The highest BCUT2D eigenvalue weighted by Gasteiger charge is 2.52. The van der Waals surface area contributed by atoms with E-state index in [2.05, 4.69) is 183 Å². The fraction of sp³-hybridized carbons (Fsp3) is 0.0667. The van der Waals surface area contributed by atoms with E-state index in [9.17, 15) is 0 Å². The number of allylic oxidation sites excluding steroid dienone is 2. The average molecular weight is 834 g/mol. The Kier molecular flexibility index (Phi) is 9.16. The predicted octanol–water partition coefficient (Wildman–Crippen LogP) is 13.7. The zero-order chi connectivity index (χ0) is 43.5. The molecule has 0 radical (unpaired) electrons. The van der Waals surface area contributed by atoms with Crippen molar-refractivity contribution in [2.75, 3.05) is 0 Å². The molecule has 65 heavy (non-hydrogen) atoms. The molecule has 2 heterocycles. The van der Waals surface area contributed by atoms with E-state index in [4.69, 9.17) is 19.9 Å². The molecule has 5 nitrogen and oxygen atoms in total. The van der Waals surface area contributed by atoms with Crippen LogP contribution in [0.1, 0.15) is 56.5 Å². The summed E-state index contributed by atoms with van der Waals surface area (Å²) in [5.41, 5.74) is 19.8. The molecule has 1 aliphatic heterocycles. The standard InChI is InChI=1S/C60H43N5/c1-38-26-30-46-48-32-28-44(55-25-15-24-54(40-16-7-3-8-17-40)61-56(62-55)41-18-9-4-10-19-41)36-52(48)60(50(46)34-38)51-35-39(2)27-31-47(51)49-33-29-45(37-53(49)60)59-64-57(42-20-11-5-12-21-42)63-58(65-59)43-22-13-6-14-23-43/h3-14,16-37H,15H2,1-2H3,(H,61,62). The molecule has 9 aromatic rings. The van der Waals surface area contributed by atoms with Crippen LogP contribution in [0, 0.1) is 13.8 Å². The molecule has 1 aromatic heterocycles. The van der Waals surface area contributed by atoms with Crippen molar-refractivity contribution in [1.29, 1.82) is 0 Å². The Bertz CT molecular complexity index is 3350. The molecule has 1 N–H and O–H groups in total. The van der Waals surface area contributed by atoms with Crippen LogP contribution in [0.2, 0.25) is 0 Å². The Balaban J connectivity index is 1.08. The topological polar surface area (TPSA) is 63.1 Å². The molecule has 0 saturated heterocycles. The second-order valence-electron chi connectivity index (χ2n) is 17.2. The van der Waals surface area contributed by atoms with E-state index in [1.54, 1.807) is 0 Å². The van der Waals surface area contributed by atoms with Crippen LogP contribution in [0.3, 0.4) is 0 Å². The number of amidine groups is 1. The van der Waals surface area contributed by atoms with Gasteiger partial charge >= 0.3 is 0 Å². The van der Waals surface area contributed by atoms with E-state index in [1.165, 1.54) is 55.6 Å². The lowest BCUT2D eigenvalue weighted by atomic mass is 9.69. The molecule has 0 amide bonds. The molecule has 5 heteroatoms. The summed E-state index contributed by atoms with van der Waals surface area (Å²) in [6, 6.07) is 69.1. The number of aliphatic imine (C=N–C) groups is 1. The van der Waals surface area contributed by atoms with Crippen molar-refractivity contribution in [3.8, 4) is 56.4 Å². The highest BCUT2D eigenvalue weighted by molar-refractivity contribution is 6.06. The Morgan fingerprint density at radius 1 is 0.385 bits per heavy atom. The average Bonchev–Trinajstić information content (AvgIpc) is 3.80. The van der Waals surface area contributed by atoms with Crippen LogP contribution in [-0.4, -0.2) is 20.8 Å². The van der Waals surface area contributed by atoms with Crippen LogP contribution in [0.25, 0.3) is 67.8 Å². The summed E-state index contributed by atoms with van der Waals surface area (Å²) in [5.74, 6) is 2.73. The number of nitrogens with zero attached hydrogens (tertiary/aromatic N) is 4. The van der Waals surface area contributed by atoms with Crippen LogP contribution in [0.15, 0.2) is 211 Å². The van der Waals surface area contributed by atoms with Gasteiger partial charge < -0.3 is 5.32 Å². The Labute approximate surface area is 379 Å². The molecule has 2 aliphatic carbocycles. The first-order valence-corrected chi connectivity index (χ1v) is 22.3. The van der Waals surface area contributed by atoms with Crippen molar-refractivity contribution < 1.29 is 0 Å². The lowest BCUT2D eigenvalue weighted by molar-refractivity contribution is 0.791. The smallest absolute Gasteiger partial charge is 0.164 e. The summed E-state index contributed by atoms with van der Waals surface area (Å²) in [5, 5.41) is 3.75. The first-order valence-electron chi connectivity index (χ1n) is 22.3. The van der Waals surface area contributed by atoms with Crippen LogP contribution in [0.4, 0.5) is 0 Å². The van der Waals surface area contributed by atoms with E-state index < -0.39 is 5.41 Å². The lowest BCUT2D eigenvalue weighted by Crippen LogP contribution is -2.26. The highest BCUT2D eigenvalue weighted by atomic mass is 15.0. The zero-order valence-electron chi connectivity index (χ0n) is 36.1. The maximum Gasteiger partial charge on any atom is 0.164 e. The van der Waals surface area contributed by atoms with Crippen molar-refractivity contribution in [2.24, 2.45) is 4.99 Å². The second-order valence-corrected chi connectivity index (χ2v) is 17.2. The number of aryl methyl sites for hydroxylation is 2. The quantitative estimate of drug-likeness (QED) is 0.181. The zero-order valence-corrected chi connectivity index (χ0v) is 36.1. The number of aromatic nitrogens is 3. The third-order valence-electron chi connectivity index (χ3n) is 13.1. The Morgan fingerprint density at radius 2 is 0.800 bits per heavy atom. The summed E-state index contributed by atoms with van der Waals surface area (Å²) in [4.78, 5) is 20.9. The number of hydrogen-bond donors (Lipinski definition) is 1. The van der Waals surface area contributed by atoms with Gasteiger partial charge in [0.2, 0.25) is 0 Å². The van der Waals surface area contributed by atoms with Crippen molar-refractivity contribution in [3.63, 3.8) is 0 Å². The predicted molar refractivity (Wildman–Crippen MR) is 265 cm³/mol. The number of benzene rings is 8. The van der Waals surface area contributed by atoms with E-state index in [0.29, 0.717) is 17.5 Å². The summed E-state index contributed by atoms with van der Waals surface area (Å²) >= 11 is 0. The summed E-state index contributed by atoms with van der Waals surface area (Å²) in [6.07, 6.45) is 5.25. The first-order chi connectivity index (χ1) is 32.0. The minimum Gasteiger partial charge on any atom is -0.339 e. The van der Waals surface area contributed by atoms with Gasteiger partial charge in [0.1, 0.15) is 5.84 Å². The van der Waals surface area contributed by atoms with E-state index >= 15 is 0 Å². The van der Waals surface area contributed by atoms with Gasteiger partial charge in [0.15, 0.2) is 17.5 Å². The molecule has 308 valence electrons. The van der Waals surface area contributed by atoms with E-state index in [1.807, 2.05) is 42.5 Å². The SMILES string of the molecule is Cc1ccc2c(c1)C1(c3cc(C)ccc3-c3ccc(-c4nc(-c5ccccc5)nc(-c5ccccc5)n4)cc31)c1cc(C3=CCC=C(c4ccccc4)NC(c4ccccc4)=N3)ccc1-2. The lowest BCUT2D eigenvalue weighted by Gasteiger charge is -2.31. The fourth-order valence-electron chi connectivity index (χ4n) is 10.1. The van der Waals surface area contributed by atoms with Gasteiger partial charge in [-0.1, -0.05) is 205 Å². The van der Waals surface area contributed by atoms with Gasteiger partial charge in [0.25, 0.3) is 0 Å². The molecule has 3 aliphatic rings. The third kappa shape index (κ3) is 6.46. The molecule has 0 saturated carbocycles. The van der Waals surface area contributed by atoms with Crippen molar-refractivity contribution >= 4 is 17.2 Å². The molecule has 0 fully saturated rings. The molecule has 1 unspecified atom stereocenters. The largest absolute Gasteiger partial charge is 0.339 e. The number of fused-ring (bicyclic) bond motifs is 10. The number of nitrogens with one attached hydrogen (secondary N) is 1. The van der Waals surface area contributed by atoms with Gasteiger partial charge in [-0.25, -0.2) is 19.9 Å². The molecule has 1 atom stereocenters. The van der Waals surface area contributed by atoms with Gasteiger partial charge in [-0.2, -0.15) is 0 Å². The van der Waals surface area contributed by atoms with Crippen LogP contribution < -0.4 is 5.32 Å². The molecule has 0 bridgehead atoms. The Hall–Kier alpha value is -8.28. The monoisotopic (exact) mass is 833 g/mol. The number of rotatable bonds is 6. The maximum absolute atomic E-state index is 5.48. The molecular formula is C60H43N5. The minimum atomic E-state index is -0.621. The van der Waals surface area contributed by atoms with Crippen LogP contribution in [-0.2, 0) is 5.41 Å². The normalized spacial score (nSPS) is 15.6. The second kappa shape index (κ2) is 15.5. The minimum absolute atomic E-state index is 0.621.